The minimum Gasteiger partial charge on any atom is -0.445 e. The number of imidazole rings is 1. The fraction of sp³-hybridized carbons (Fsp3) is 0.600. The molecule has 2 aliphatic carbocycles. The van der Waals surface area contributed by atoms with Crippen LogP contribution in [0, 0.1) is 23.2 Å². The Balaban J connectivity index is 1.48. The van der Waals surface area contributed by atoms with Crippen molar-refractivity contribution < 1.29 is 36.6 Å². The standard InChI is InChI=1S/C30H36F5N5O3/c1-18(2)22-7-5-19(3)13-23(22)43-27(41)39-17-20(14-28(9-10-28)30(33,34)35)38-25(39)15-29(42,26(31)32)24-8-6-21(16-36-24)40-12-4-11-37-40/h4,6,8,11-12,16-19,22-23,26,42H,5,7,9-10,13-15H2,1-3H3/t19-,22?,23?,29+/m0/s1. The maximum absolute atomic E-state index is 14.6. The molecule has 0 saturated heterocycles. The number of halogens is 5. The molecule has 0 amide bonds. The zero-order valence-electron chi connectivity index (χ0n) is 24.3. The molecule has 234 valence electrons. The molecule has 2 saturated carbocycles. The van der Waals surface area contributed by atoms with Gasteiger partial charge in [-0.3, -0.25) is 4.98 Å². The Morgan fingerprint density at radius 3 is 2.51 bits per heavy atom. The van der Waals surface area contributed by atoms with Gasteiger partial charge in [-0.2, -0.15) is 18.3 Å². The van der Waals surface area contributed by atoms with Crippen molar-refractivity contribution in [2.45, 2.75) is 90.0 Å². The Labute approximate surface area is 246 Å². The highest BCUT2D eigenvalue weighted by Crippen LogP contribution is 2.59. The van der Waals surface area contributed by atoms with Crippen LogP contribution in [0.5, 0.6) is 0 Å². The number of ether oxygens (including phenoxy) is 1. The van der Waals surface area contributed by atoms with E-state index >= 15 is 0 Å². The molecule has 0 spiro atoms. The van der Waals surface area contributed by atoms with Crippen molar-refractivity contribution in [2.24, 2.45) is 23.2 Å². The van der Waals surface area contributed by atoms with Gasteiger partial charge in [0.15, 0.2) is 5.60 Å². The number of rotatable bonds is 9. The van der Waals surface area contributed by atoms with Gasteiger partial charge in [-0.15, -0.1) is 0 Å². The van der Waals surface area contributed by atoms with E-state index in [4.69, 9.17) is 4.74 Å². The van der Waals surface area contributed by atoms with Gasteiger partial charge in [0.2, 0.25) is 0 Å². The Morgan fingerprint density at radius 2 is 1.95 bits per heavy atom. The first-order chi connectivity index (χ1) is 20.2. The molecule has 4 atom stereocenters. The molecule has 0 aliphatic heterocycles. The molecule has 3 aromatic heterocycles. The minimum atomic E-state index is -4.48. The second-order valence-corrected chi connectivity index (χ2v) is 12.5. The van der Waals surface area contributed by atoms with Crippen molar-refractivity contribution in [2.75, 3.05) is 0 Å². The third kappa shape index (κ3) is 6.32. The molecule has 43 heavy (non-hydrogen) atoms. The van der Waals surface area contributed by atoms with E-state index in [0.717, 1.165) is 23.6 Å². The molecule has 0 bridgehead atoms. The minimum absolute atomic E-state index is 0.0713. The van der Waals surface area contributed by atoms with Gasteiger partial charge in [-0.1, -0.05) is 27.2 Å². The lowest BCUT2D eigenvalue weighted by atomic mass is 9.75. The molecule has 8 nitrogen and oxygen atoms in total. The Morgan fingerprint density at radius 1 is 1.21 bits per heavy atom. The highest BCUT2D eigenvalue weighted by molar-refractivity contribution is 5.71. The van der Waals surface area contributed by atoms with Crippen LogP contribution in [0.3, 0.4) is 0 Å². The number of hydrogen-bond donors (Lipinski definition) is 1. The first-order valence-electron chi connectivity index (χ1n) is 14.5. The summed E-state index contributed by atoms with van der Waals surface area (Å²) in [7, 11) is 0. The van der Waals surface area contributed by atoms with E-state index in [0.29, 0.717) is 18.0 Å². The molecule has 2 fully saturated rings. The van der Waals surface area contributed by atoms with Gasteiger partial charge in [0.1, 0.15) is 11.9 Å². The van der Waals surface area contributed by atoms with Crippen molar-refractivity contribution >= 4 is 6.09 Å². The number of carbonyl (C=O) groups excluding carboxylic acids is 1. The second kappa shape index (κ2) is 11.6. The van der Waals surface area contributed by atoms with Crippen LogP contribution in [0.4, 0.5) is 26.7 Å². The normalized spacial score (nSPS) is 23.4. The quantitative estimate of drug-likeness (QED) is 0.279. The first kappa shape index (κ1) is 31.1. The largest absolute Gasteiger partial charge is 0.445 e. The molecular weight excluding hydrogens is 573 g/mol. The summed E-state index contributed by atoms with van der Waals surface area (Å²) in [4.78, 5) is 21.8. The third-order valence-corrected chi connectivity index (χ3v) is 8.96. The van der Waals surface area contributed by atoms with Crippen LogP contribution in [-0.2, 0) is 23.2 Å². The smallest absolute Gasteiger partial charge is 0.419 e. The van der Waals surface area contributed by atoms with Crippen LogP contribution >= 0.6 is 0 Å². The molecule has 2 unspecified atom stereocenters. The molecular formula is C30H36F5N5O3. The van der Waals surface area contributed by atoms with E-state index in [1.165, 1.54) is 29.2 Å². The zero-order chi connectivity index (χ0) is 31.2. The molecule has 0 radical (unpaired) electrons. The molecule has 3 heterocycles. The van der Waals surface area contributed by atoms with Crippen molar-refractivity contribution in [3.63, 3.8) is 0 Å². The molecule has 13 heteroatoms. The summed E-state index contributed by atoms with van der Waals surface area (Å²) in [6, 6.07) is 4.34. The Hall–Kier alpha value is -3.35. The van der Waals surface area contributed by atoms with Gasteiger partial charge in [0, 0.05) is 31.4 Å². The molecule has 1 N–H and O–H groups in total. The highest BCUT2D eigenvalue weighted by atomic mass is 19.4. The van der Waals surface area contributed by atoms with Gasteiger partial charge in [0.25, 0.3) is 6.43 Å². The van der Waals surface area contributed by atoms with Crippen LogP contribution in [0.2, 0.25) is 0 Å². The maximum Gasteiger partial charge on any atom is 0.419 e. The SMILES string of the molecule is CC(C)C1CC[C@H](C)CC1OC(=O)n1cc(CC2(C(F)(F)F)CC2)nc1C[C@@](O)(c1ccc(-n2cccn2)cn1)C(F)F. The van der Waals surface area contributed by atoms with Crippen molar-refractivity contribution in [1.29, 1.82) is 0 Å². The van der Waals surface area contributed by atoms with E-state index in [1.807, 2.05) is 13.8 Å². The summed E-state index contributed by atoms with van der Waals surface area (Å²) in [6.45, 7) is 6.11. The van der Waals surface area contributed by atoms with E-state index < -0.39 is 54.4 Å². The Kier molecular flexibility index (Phi) is 8.40. The van der Waals surface area contributed by atoms with E-state index in [9.17, 15) is 31.9 Å². The van der Waals surface area contributed by atoms with Crippen molar-refractivity contribution in [3.05, 3.63) is 60.2 Å². The highest BCUT2D eigenvalue weighted by Gasteiger charge is 2.63. The number of alkyl halides is 5. The summed E-state index contributed by atoms with van der Waals surface area (Å²) in [5.41, 5.74) is -4.89. The third-order valence-electron chi connectivity index (χ3n) is 8.96. The summed E-state index contributed by atoms with van der Waals surface area (Å²) >= 11 is 0. The van der Waals surface area contributed by atoms with Crippen molar-refractivity contribution in [1.82, 2.24) is 24.3 Å². The average molecular weight is 610 g/mol. The maximum atomic E-state index is 14.6. The Bertz CT molecular complexity index is 1400. The lowest BCUT2D eigenvalue weighted by molar-refractivity contribution is -0.186. The number of hydrogen-bond acceptors (Lipinski definition) is 6. The number of nitrogens with zero attached hydrogens (tertiary/aromatic N) is 5. The number of aliphatic hydroxyl groups is 1. The van der Waals surface area contributed by atoms with Crippen LogP contribution in [0.1, 0.15) is 70.1 Å². The fourth-order valence-corrected chi connectivity index (χ4v) is 6.05. The zero-order valence-corrected chi connectivity index (χ0v) is 24.3. The predicted octanol–water partition coefficient (Wildman–Crippen LogP) is 6.49. The van der Waals surface area contributed by atoms with Crippen LogP contribution in [0.15, 0.2) is 43.0 Å². The van der Waals surface area contributed by atoms with Gasteiger partial charge >= 0.3 is 12.3 Å². The average Bonchev–Trinajstić information content (AvgIpc) is 3.35. The second-order valence-electron chi connectivity index (χ2n) is 12.5. The molecule has 5 rings (SSSR count). The van der Waals surface area contributed by atoms with E-state index in [2.05, 4.69) is 22.0 Å². The summed E-state index contributed by atoms with van der Waals surface area (Å²) in [5, 5.41) is 15.3. The monoisotopic (exact) mass is 609 g/mol. The topological polar surface area (TPSA) is 95.1 Å². The summed E-state index contributed by atoms with van der Waals surface area (Å²) in [5.74, 6) is 0.252. The number of pyridine rings is 1. The fourth-order valence-electron chi connectivity index (χ4n) is 6.05. The molecule has 3 aromatic rings. The van der Waals surface area contributed by atoms with Crippen LogP contribution in [-0.4, -0.2) is 54.2 Å². The van der Waals surface area contributed by atoms with Crippen LogP contribution < -0.4 is 0 Å². The summed E-state index contributed by atoms with van der Waals surface area (Å²) in [6.07, 6.45) is -2.83. The van der Waals surface area contributed by atoms with Crippen molar-refractivity contribution in [3.8, 4) is 5.69 Å². The van der Waals surface area contributed by atoms with Gasteiger partial charge < -0.3 is 9.84 Å². The van der Waals surface area contributed by atoms with E-state index in [-0.39, 0.29) is 36.2 Å². The number of carbonyl (C=O) groups is 1. The first-order valence-corrected chi connectivity index (χ1v) is 14.5. The van der Waals surface area contributed by atoms with Gasteiger partial charge in [-0.25, -0.2) is 27.8 Å². The number of aromatic nitrogens is 5. The summed E-state index contributed by atoms with van der Waals surface area (Å²) < 4.78 is 78.6. The van der Waals surface area contributed by atoms with E-state index in [1.54, 1.807) is 12.3 Å². The predicted molar refractivity (Wildman–Crippen MR) is 146 cm³/mol. The van der Waals surface area contributed by atoms with Gasteiger partial charge in [-0.05, 0) is 61.6 Å². The molecule has 0 aromatic carbocycles. The lowest BCUT2D eigenvalue weighted by Gasteiger charge is -2.36. The lowest BCUT2D eigenvalue weighted by Crippen LogP contribution is -2.40. The van der Waals surface area contributed by atoms with Crippen LogP contribution in [0.25, 0.3) is 5.69 Å². The molecule has 2 aliphatic rings. The van der Waals surface area contributed by atoms with Gasteiger partial charge in [0.05, 0.1) is 28.7 Å².